The molecular formula is C16H36O5. The molecule has 0 aliphatic rings. The van der Waals surface area contributed by atoms with Crippen LogP contribution in [-0.2, 0) is 14.3 Å². The van der Waals surface area contributed by atoms with Crippen LogP contribution in [0.25, 0.3) is 0 Å². The van der Waals surface area contributed by atoms with E-state index >= 15 is 0 Å². The maximum Gasteiger partial charge on any atom is 0.302 e. The van der Waals surface area contributed by atoms with Crippen molar-refractivity contribution >= 4 is 5.97 Å². The van der Waals surface area contributed by atoms with Crippen molar-refractivity contribution in [2.24, 2.45) is 0 Å². The van der Waals surface area contributed by atoms with Crippen LogP contribution in [0.15, 0.2) is 0 Å². The fourth-order valence-corrected chi connectivity index (χ4v) is 1.41. The second-order valence-corrected chi connectivity index (χ2v) is 4.36. The van der Waals surface area contributed by atoms with Gasteiger partial charge in [-0.3, -0.25) is 4.79 Å². The summed E-state index contributed by atoms with van der Waals surface area (Å²) in [6.45, 7) is 11.1. The van der Waals surface area contributed by atoms with E-state index in [-0.39, 0.29) is 25.3 Å². The van der Waals surface area contributed by atoms with Crippen molar-refractivity contribution in [3.8, 4) is 0 Å². The molecule has 0 aromatic carbocycles. The number of ether oxygens (including phenoxy) is 2. The largest absolute Gasteiger partial charge is 0.463 e. The van der Waals surface area contributed by atoms with E-state index in [1.807, 2.05) is 13.8 Å². The van der Waals surface area contributed by atoms with Gasteiger partial charge in [-0.2, -0.15) is 0 Å². The molecule has 0 fully saturated rings. The van der Waals surface area contributed by atoms with E-state index in [2.05, 4.69) is 13.8 Å². The molecule has 0 heterocycles. The van der Waals surface area contributed by atoms with Crippen molar-refractivity contribution in [1.82, 2.24) is 0 Å². The Labute approximate surface area is 130 Å². The average molecular weight is 308 g/mol. The van der Waals surface area contributed by atoms with E-state index in [0.717, 1.165) is 26.1 Å². The molecule has 0 aromatic heterocycles. The lowest BCUT2D eigenvalue weighted by Crippen LogP contribution is -2.14. The Hall–Kier alpha value is -0.650. The highest BCUT2D eigenvalue weighted by molar-refractivity contribution is 5.66. The number of carbonyl (C=O) groups is 1. The molecule has 130 valence electrons. The summed E-state index contributed by atoms with van der Waals surface area (Å²) in [5.41, 5.74) is 0. The van der Waals surface area contributed by atoms with Gasteiger partial charge in [-0.25, -0.2) is 0 Å². The molecule has 0 radical (unpaired) electrons. The van der Waals surface area contributed by atoms with Crippen molar-refractivity contribution in [2.75, 3.05) is 26.4 Å². The number of aliphatic hydroxyl groups is 2. The van der Waals surface area contributed by atoms with Crippen LogP contribution < -0.4 is 0 Å². The zero-order chi connectivity index (χ0) is 16.9. The molecule has 2 N–H and O–H groups in total. The Kier molecular flexibility index (Phi) is 29.4. The highest BCUT2D eigenvalue weighted by Gasteiger charge is 2.07. The summed E-state index contributed by atoms with van der Waals surface area (Å²) in [4.78, 5) is 10.6. The molecule has 0 spiro atoms. The maximum absolute atomic E-state index is 10.6. The molecule has 21 heavy (non-hydrogen) atoms. The molecule has 0 saturated carbocycles. The van der Waals surface area contributed by atoms with Gasteiger partial charge in [0.2, 0.25) is 0 Å². The van der Waals surface area contributed by atoms with Crippen LogP contribution in [0, 0.1) is 0 Å². The van der Waals surface area contributed by atoms with Crippen molar-refractivity contribution in [3.05, 3.63) is 0 Å². The smallest absolute Gasteiger partial charge is 0.302 e. The van der Waals surface area contributed by atoms with Crippen molar-refractivity contribution in [2.45, 2.75) is 72.8 Å². The van der Waals surface area contributed by atoms with E-state index < -0.39 is 0 Å². The molecule has 0 aliphatic carbocycles. The van der Waals surface area contributed by atoms with Gasteiger partial charge in [0.1, 0.15) is 6.10 Å². The fraction of sp³-hybridized carbons (Fsp3) is 0.938. The number of hydrogen-bond donors (Lipinski definition) is 2. The normalized spacial score (nSPS) is 10.6. The number of esters is 1. The Bertz CT molecular complexity index is 182. The lowest BCUT2D eigenvalue weighted by molar-refractivity contribution is -0.146. The lowest BCUT2D eigenvalue weighted by Gasteiger charge is -2.14. The molecular weight excluding hydrogens is 272 g/mol. The Morgan fingerprint density at radius 1 is 1.00 bits per heavy atom. The maximum atomic E-state index is 10.6. The van der Waals surface area contributed by atoms with E-state index in [9.17, 15) is 4.79 Å². The predicted molar refractivity (Wildman–Crippen MR) is 86.3 cm³/mol. The first-order valence-corrected chi connectivity index (χ1v) is 8.00. The van der Waals surface area contributed by atoms with Gasteiger partial charge in [0.15, 0.2) is 0 Å². The Balaban J connectivity index is -0.000000297. The van der Waals surface area contributed by atoms with E-state index in [4.69, 9.17) is 19.7 Å². The quantitative estimate of drug-likeness (QED) is 0.506. The highest BCUT2D eigenvalue weighted by atomic mass is 16.5. The minimum Gasteiger partial charge on any atom is -0.463 e. The second-order valence-electron chi connectivity index (χ2n) is 4.36. The molecule has 1 atom stereocenters. The molecule has 5 heteroatoms. The summed E-state index contributed by atoms with van der Waals surface area (Å²) in [5.74, 6) is -0.154. The summed E-state index contributed by atoms with van der Waals surface area (Å²) in [7, 11) is 0. The molecule has 0 amide bonds. The second kappa shape index (κ2) is 24.4. The van der Waals surface area contributed by atoms with Crippen LogP contribution in [0.5, 0.6) is 0 Å². The highest BCUT2D eigenvalue weighted by Crippen LogP contribution is 2.09. The summed E-state index contributed by atoms with van der Waals surface area (Å²) in [5, 5.41) is 15.2. The topological polar surface area (TPSA) is 76.0 Å². The van der Waals surface area contributed by atoms with Crippen molar-refractivity contribution < 1.29 is 24.5 Å². The molecule has 0 aromatic rings. The van der Waals surface area contributed by atoms with E-state index in [1.54, 1.807) is 0 Å². The van der Waals surface area contributed by atoms with Gasteiger partial charge in [0, 0.05) is 20.1 Å². The minimum atomic E-state index is -0.154. The van der Waals surface area contributed by atoms with Crippen LogP contribution in [0.3, 0.4) is 0 Å². The molecule has 1 unspecified atom stereocenters. The lowest BCUT2D eigenvalue weighted by atomic mass is 10.1. The van der Waals surface area contributed by atoms with Gasteiger partial charge in [0.25, 0.3) is 0 Å². The third kappa shape index (κ3) is 32.7. The molecule has 0 bridgehead atoms. The van der Waals surface area contributed by atoms with Gasteiger partial charge in [-0.05, 0) is 33.1 Å². The van der Waals surface area contributed by atoms with Crippen LogP contribution in [0.4, 0.5) is 0 Å². The first-order chi connectivity index (χ1) is 10.0. The SMILES string of the molecule is CCCCCC(CC)OC(C)=O.CCOCC.OCCO. The monoisotopic (exact) mass is 308 g/mol. The van der Waals surface area contributed by atoms with E-state index in [0.29, 0.717) is 0 Å². The molecule has 0 rings (SSSR count). The zero-order valence-corrected chi connectivity index (χ0v) is 14.6. The average Bonchev–Trinajstić information content (AvgIpc) is 2.47. The summed E-state index contributed by atoms with van der Waals surface area (Å²) < 4.78 is 9.94. The van der Waals surface area contributed by atoms with Gasteiger partial charge >= 0.3 is 5.97 Å². The number of carbonyl (C=O) groups excluding carboxylic acids is 1. The van der Waals surface area contributed by atoms with Gasteiger partial charge < -0.3 is 19.7 Å². The first kappa shape index (κ1) is 25.3. The molecule has 5 nitrogen and oxygen atoms in total. The van der Waals surface area contributed by atoms with Crippen LogP contribution in [0.2, 0.25) is 0 Å². The summed E-state index contributed by atoms with van der Waals surface area (Å²) in [6.07, 6.45) is 5.72. The minimum absolute atomic E-state index is 0.125. The third-order valence-corrected chi connectivity index (χ3v) is 2.43. The Morgan fingerprint density at radius 2 is 1.52 bits per heavy atom. The number of aliphatic hydroxyl groups excluding tert-OH is 2. The number of rotatable bonds is 9. The summed E-state index contributed by atoms with van der Waals surface area (Å²) in [6, 6.07) is 0. The molecule has 0 saturated heterocycles. The third-order valence-electron chi connectivity index (χ3n) is 2.43. The van der Waals surface area contributed by atoms with Crippen molar-refractivity contribution in [1.29, 1.82) is 0 Å². The van der Waals surface area contributed by atoms with Crippen LogP contribution in [-0.4, -0.2) is 48.7 Å². The standard InChI is InChI=1S/C10H20O2.C4H10O.C2H6O2/c1-4-6-7-8-10(5-2)12-9(3)11;1-3-5-4-2;3-1-2-4/h10H,4-8H2,1-3H3;3-4H2,1-2H3;3-4H,1-2H2. The fourth-order valence-electron chi connectivity index (χ4n) is 1.41. The van der Waals surface area contributed by atoms with Gasteiger partial charge in [-0.15, -0.1) is 0 Å². The number of hydrogen-bond acceptors (Lipinski definition) is 5. The predicted octanol–water partition coefficient (Wildman–Crippen LogP) is 2.92. The van der Waals surface area contributed by atoms with Gasteiger partial charge in [-0.1, -0.05) is 26.7 Å². The van der Waals surface area contributed by atoms with Crippen LogP contribution >= 0.6 is 0 Å². The van der Waals surface area contributed by atoms with Gasteiger partial charge in [0.05, 0.1) is 13.2 Å². The zero-order valence-electron chi connectivity index (χ0n) is 14.6. The first-order valence-electron chi connectivity index (χ1n) is 8.00. The summed E-state index contributed by atoms with van der Waals surface area (Å²) >= 11 is 0. The van der Waals surface area contributed by atoms with Crippen molar-refractivity contribution in [3.63, 3.8) is 0 Å². The van der Waals surface area contributed by atoms with Crippen LogP contribution in [0.1, 0.15) is 66.7 Å². The Morgan fingerprint density at radius 3 is 1.76 bits per heavy atom. The molecule has 0 aliphatic heterocycles. The number of unbranched alkanes of at least 4 members (excludes halogenated alkanes) is 2. The van der Waals surface area contributed by atoms with E-state index in [1.165, 1.54) is 26.2 Å².